The van der Waals surface area contributed by atoms with Gasteiger partial charge in [0, 0.05) is 13.1 Å². The molecular formula is C9H15NO3. The Morgan fingerprint density at radius 2 is 2.62 bits per heavy atom. The summed E-state index contributed by atoms with van der Waals surface area (Å²) in [4.78, 5) is 13.3. The Balaban J connectivity index is 2.55. The summed E-state index contributed by atoms with van der Waals surface area (Å²) in [5.41, 5.74) is 0. The standard InChI is InChI=1S/C9H15NO3/c1-3-4-10-5-6-13-7-8(10)9(11)12-2/h3,8H,1,4-7H2,2H3. The van der Waals surface area contributed by atoms with Gasteiger partial charge in [0.25, 0.3) is 0 Å². The van der Waals surface area contributed by atoms with Gasteiger partial charge in [-0.1, -0.05) is 6.08 Å². The summed E-state index contributed by atoms with van der Waals surface area (Å²) in [5, 5.41) is 0. The number of methoxy groups -OCH3 is 1. The number of ether oxygens (including phenoxy) is 2. The second kappa shape index (κ2) is 4.99. The summed E-state index contributed by atoms with van der Waals surface area (Å²) in [7, 11) is 1.39. The van der Waals surface area contributed by atoms with Crippen molar-refractivity contribution >= 4 is 5.97 Å². The first-order chi connectivity index (χ1) is 6.29. The third-order valence-corrected chi connectivity index (χ3v) is 2.08. The highest BCUT2D eigenvalue weighted by molar-refractivity contribution is 5.75. The van der Waals surface area contributed by atoms with Crippen LogP contribution < -0.4 is 0 Å². The van der Waals surface area contributed by atoms with Crippen LogP contribution in [0.2, 0.25) is 0 Å². The Morgan fingerprint density at radius 3 is 3.23 bits per heavy atom. The lowest BCUT2D eigenvalue weighted by atomic mass is 10.2. The fraction of sp³-hybridized carbons (Fsp3) is 0.667. The van der Waals surface area contributed by atoms with Crippen LogP contribution in [0.4, 0.5) is 0 Å². The number of hydrogen-bond acceptors (Lipinski definition) is 4. The first-order valence-corrected chi connectivity index (χ1v) is 4.30. The SMILES string of the molecule is C=CCN1CCOCC1C(=O)OC. The number of hydrogen-bond donors (Lipinski definition) is 0. The normalized spacial score (nSPS) is 23.9. The average molecular weight is 185 g/mol. The number of rotatable bonds is 3. The van der Waals surface area contributed by atoms with Gasteiger partial charge in [-0.15, -0.1) is 6.58 Å². The second-order valence-electron chi connectivity index (χ2n) is 2.90. The fourth-order valence-corrected chi connectivity index (χ4v) is 1.38. The van der Waals surface area contributed by atoms with E-state index >= 15 is 0 Å². The third kappa shape index (κ3) is 2.54. The molecule has 74 valence electrons. The Hall–Kier alpha value is -0.870. The summed E-state index contributed by atoms with van der Waals surface area (Å²) >= 11 is 0. The van der Waals surface area contributed by atoms with Gasteiger partial charge in [-0.3, -0.25) is 9.69 Å². The summed E-state index contributed by atoms with van der Waals surface area (Å²) in [6, 6.07) is -0.267. The van der Waals surface area contributed by atoms with Gasteiger partial charge in [0.15, 0.2) is 0 Å². The van der Waals surface area contributed by atoms with Crippen LogP contribution in [0.15, 0.2) is 12.7 Å². The van der Waals surface area contributed by atoms with Crippen molar-refractivity contribution in [3.05, 3.63) is 12.7 Å². The van der Waals surface area contributed by atoms with Crippen LogP contribution in [0.1, 0.15) is 0 Å². The van der Waals surface area contributed by atoms with Crippen molar-refractivity contribution in [1.29, 1.82) is 0 Å². The topological polar surface area (TPSA) is 38.8 Å². The van der Waals surface area contributed by atoms with Gasteiger partial charge in [0.2, 0.25) is 0 Å². The summed E-state index contributed by atoms with van der Waals surface area (Å²) in [6.45, 7) is 6.18. The number of esters is 1. The average Bonchev–Trinajstić information content (AvgIpc) is 2.18. The molecule has 1 aliphatic rings. The van der Waals surface area contributed by atoms with E-state index in [2.05, 4.69) is 11.3 Å². The molecule has 4 heteroatoms. The minimum atomic E-state index is -0.267. The van der Waals surface area contributed by atoms with E-state index in [1.165, 1.54) is 7.11 Å². The van der Waals surface area contributed by atoms with E-state index in [1.807, 2.05) is 4.90 Å². The van der Waals surface area contributed by atoms with E-state index in [4.69, 9.17) is 4.74 Å². The molecule has 0 saturated carbocycles. The van der Waals surface area contributed by atoms with Gasteiger partial charge in [0.05, 0.1) is 20.3 Å². The lowest BCUT2D eigenvalue weighted by Gasteiger charge is -2.32. The summed E-state index contributed by atoms with van der Waals surface area (Å²) in [6.07, 6.45) is 1.78. The molecule has 0 bridgehead atoms. The van der Waals surface area contributed by atoms with Crippen LogP contribution in [0.3, 0.4) is 0 Å². The summed E-state index contributed by atoms with van der Waals surface area (Å²) < 4.78 is 9.88. The molecular weight excluding hydrogens is 170 g/mol. The molecule has 0 amide bonds. The van der Waals surface area contributed by atoms with E-state index in [9.17, 15) is 4.79 Å². The predicted molar refractivity (Wildman–Crippen MR) is 48.4 cm³/mol. The molecule has 0 spiro atoms. The molecule has 1 heterocycles. The first kappa shape index (κ1) is 10.2. The highest BCUT2D eigenvalue weighted by Crippen LogP contribution is 2.07. The van der Waals surface area contributed by atoms with E-state index in [0.717, 1.165) is 6.54 Å². The molecule has 1 saturated heterocycles. The molecule has 1 rings (SSSR count). The number of morpholine rings is 1. The van der Waals surface area contributed by atoms with Crippen molar-refractivity contribution < 1.29 is 14.3 Å². The monoisotopic (exact) mass is 185 g/mol. The maximum absolute atomic E-state index is 11.3. The van der Waals surface area contributed by atoms with Crippen molar-refractivity contribution in [1.82, 2.24) is 4.90 Å². The quantitative estimate of drug-likeness (QED) is 0.460. The highest BCUT2D eigenvalue weighted by atomic mass is 16.5. The molecule has 1 unspecified atom stereocenters. The van der Waals surface area contributed by atoms with Crippen LogP contribution in [0, 0.1) is 0 Å². The van der Waals surface area contributed by atoms with Gasteiger partial charge in [-0.25, -0.2) is 0 Å². The smallest absolute Gasteiger partial charge is 0.325 e. The second-order valence-corrected chi connectivity index (χ2v) is 2.90. The Bertz CT molecular complexity index is 193. The van der Waals surface area contributed by atoms with Crippen LogP contribution in [-0.2, 0) is 14.3 Å². The molecule has 1 fully saturated rings. The van der Waals surface area contributed by atoms with Crippen molar-refractivity contribution in [3.63, 3.8) is 0 Å². The van der Waals surface area contributed by atoms with Crippen LogP contribution in [-0.4, -0.2) is 50.3 Å². The van der Waals surface area contributed by atoms with E-state index in [-0.39, 0.29) is 12.0 Å². The number of carbonyl (C=O) groups is 1. The Labute approximate surface area is 78.1 Å². The van der Waals surface area contributed by atoms with Gasteiger partial charge in [0.1, 0.15) is 6.04 Å². The zero-order valence-electron chi connectivity index (χ0n) is 7.86. The minimum absolute atomic E-state index is 0.235. The Kier molecular flexibility index (Phi) is 3.92. The molecule has 0 N–H and O–H groups in total. The molecule has 0 radical (unpaired) electrons. The van der Waals surface area contributed by atoms with E-state index < -0.39 is 0 Å². The predicted octanol–water partition coefficient (Wildman–Crippen LogP) is 0.0462. The van der Waals surface area contributed by atoms with Crippen molar-refractivity contribution in [2.45, 2.75) is 6.04 Å². The number of carbonyl (C=O) groups excluding carboxylic acids is 1. The van der Waals surface area contributed by atoms with Crippen molar-refractivity contribution in [2.75, 3.05) is 33.4 Å². The number of nitrogens with zero attached hydrogens (tertiary/aromatic N) is 1. The van der Waals surface area contributed by atoms with Gasteiger partial charge in [-0.2, -0.15) is 0 Å². The zero-order valence-corrected chi connectivity index (χ0v) is 7.86. The van der Waals surface area contributed by atoms with Crippen LogP contribution in [0.5, 0.6) is 0 Å². The van der Waals surface area contributed by atoms with Crippen molar-refractivity contribution in [3.8, 4) is 0 Å². The van der Waals surface area contributed by atoms with E-state index in [0.29, 0.717) is 19.8 Å². The maximum Gasteiger partial charge on any atom is 0.325 e. The highest BCUT2D eigenvalue weighted by Gasteiger charge is 2.28. The lowest BCUT2D eigenvalue weighted by molar-refractivity contribution is -0.152. The molecule has 0 aliphatic carbocycles. The zero-order chi connectivity index (χ0) is 9.68. The van der Waals surface area contributed by atoms with Crippen LogP contribution >= 0.6 is 0 Å². The Morgan fingerprint density at radius 1 is 1.85 bits per heavy atom. The molecule has 1 atom stereocenters. The molecule has 1 aliphatic heterocycles. The molecule has 0 aromatic heterocycles. The first-order valence-electron chi connectivity index (χ1n) is 4.30. The maximum atomic E-state index is 11.3. The van der Waals surface area contributed by atoms with Gasteiger partial charge >= 0.3 is 5.97 Å². The van der Waals surface area contributed by atoms with Gasteiger partial charge in [-0.05, 0) is 0 Å². The van der Waals surface area contributed by atoms with Crippen molar-refractivity contribution in [2.24, 2.45) is 0 Å². The van der Waals surface area contributed by atoms with Gasteiger partial charge < -0.3 is 9.47 Å². The van der Waals surface area contributed by atoms with E-state index in [1.54, 1.807) is 6.08 Å². The molecule has 0 aromatic rings. The fourth-order valence-electron chi connectivity index (χ4n) is 1.38. The molecule has 0 aromatic carbocycles. The lowest BCUT2D eigenvalue weighted by Crippen LogP contribution is -2.50. The summed E-state index contributed by atoms with van der Waals surface area (Å²) in [5.74, 6) is -0.235. The molecule has 13 heavy (non-hydrogen) atoms. The van der Waals surface area contributed by atoms with Crippen LogP contribution in [0.25, 0.3) is 0 Å². The largest absolute Gasteiger partial charge is 0.468 e. The minimum Gasteiger partial charge on any atom is -0.468 e. The molecule has 4 nitrogen and oxygen atoms in total. The third-order valence-electron chi connectivity index (χ3n) is 2.08.